The van der Waals surface area contributed by atoms with Gasteiger partial charge in [-0.3, -0.25) is 4.79 Å². The van der Waals surface area contributed by atoms with Crippen LogP contribution in [-0.2, 0) is 14.4 Å². The summed E-state index contributed by atoms with van der Waals surface area (Å²) in [6.07, 6.45) is 2.88. The zero-order chi connectivity index (χ0) is 10.4. The number of carbonyl (C=O) groups excluding carboxylic acids is 3. The molecule has 5 nitrogen and oxygen atoms in total. The van der Waals surface area contributed by atoms with Crippen molar-refractivity contribution in [2.24, 2.45) is 0 Å². The molecule has 68 valence electrons. The van der Waals surface area contributed by atoms with Crippen LogP contribution in [0.25, 0.3) is 0 Å². The Bertz CT molecular complexity index is 147. The largest absolute Gasteiger partial charge is 0.300 e. The Morgan fingerprint density at radius 1 is 1.08 bits per heavy atom. The van der Waals surface area contributed by atoms with Gasteiger partial charge in [0.25, 0.3) is 0 Å². The zero-order valence-electron chi connectivity index (χ0n) is 7.14. The van der Waals surface area contributed by atoms with Crippen molar-refractivity contribution in [2.45, 2.75) is 26.7 Å². The van der Waals surface area contributed by atoms with Gasteiger partial charge >= 0.3 is 0 Å². The molecule has 0 amide bonds. The monoisotopic (exact) mass is 172 g/mol. The van der Waals surface area contributed by atoms with Gasteiger partial charge in [-0.15, -0.1) is 0 Å². The van der Waals surface area contributed by atoms with E-state index in [4.69, 9.17) is 20.4 Å². The van der Waals surface area contributed by atoms with Crippen molar-refractivity contribution in [2.75, 3.05) is 0 Å². The van der Waals surface area contributed by atoms with Gasteiger partial charge in [-0.25, -0.2) is 20.4 Å². The molecular formula is C7H12N2O3. The number of hydrogen-bond acceptors (Lipinski definition) is 5. The molecule has 0 unspecified atom stereocenters. The maximum atomic E-state index is 10.2. The quantitative estimate of drug-likeness (QED) is 0.483. The molecule has 0 aromatic heterocycles. The van der Waals surface area contributed by atoms with E-state index in [2.05, 4.69) is 0 Å². The molecule has 0 aromatic carbocycles. The highest BCUT2D eigenvalue weighted by molar-refractivity contribution is 5.77. The summed E-state index contributed by atoms with van der Waals surface area (Å²) >= 11 is 0. The van der Waals surface area contributed by atoms with Crippen LogP contribution < -0.4 is 0 Å². The number of hydrogen-bond donors (Lipinski definition) is 2. The lowest BCUT2D eigenvalue weighted by molar-refractivity contribution is -0.118. The highest BCUT2D eigenvalue weighted by Crippen LogP contribution is 1.82. The maximum absolute atomic E-state index is 10.2. The molecule has 5 heteroatoms. The fraction of sp³-hybridized carbons (Fsp3) is 0.571. The Balaban J connectivity index is -0.000000115. The van der Waals surface area contributed by atoms with E-state index in [0.29, 0.717) is 18.6 Å². The van der Waals surface area contributed by atoms with Crippen LogP contribution in [0.4, 0.5) is 0 Å². The average molecular weight is 172 g/mol. The lowest BCUT2D eigenvalue weighted by atomic mass is 10.3. The van der Waals surface area contributed by atoms with Crippen LogP contribution in [0.2, 0.25) is 0 Å². The van der Waals surface area contributed by atoms with Gasteiger partial charge in [0.15, 0.2) is 0 Å². The van der Waals surface area contributed by atoms with E-state index in [1.54, 1.807) is 0 Å². The van der Waals surface area contributed by atoms with Gasteiger partial charge in [0.1, 0.15) is 5.78 Å². The molecule has 0 saturated carbocycles. The molecule has 0 bridgehead atoms. The standard InChI is InChI=1S/C5H10O.2CHNO/c1-3-5(6)4-2;2*2-1-3/h3-4H2,1-2H3;2*2H. The SMILES string of the molecule is CCC(=O)CC.N=C=O.N=C=O. The first kappa shape index (κ1) is 16.8. The van der Waals surface area contributed by atoms with Crippen LogP contribution in [0.15, 0.2) is 0 Å². The lowest BCUT2D eigenvalue weighted by Crippen LogP contribution is -1.88. The van der Waals surface area contributed by atoms with E-state index in [-0.39, 0.29) is 0 Å². The van der Waals surface area contributed by atoms with Crippen LogP contribution in [0.3, 0.4) is 0 Å². The van der Waals surface area contributed by atoms with Crippen LogP contribution in [-0.4, -0.2) is 17.9 Å². The molecule has 0 atom stereocenters. The van der Waals surface area contributed by atoms with Gasteiger partial charge in [-0.05, 0) is 0 Å². The average Bonchev–Trinajstić information content (AvgIpc) is 2.06. The molecule has 0 aromatic rings. The van der Waals surface area contributed by atoms with Crippen molar-refractivity contribution in [1.29, 1.82) is 10.8 Å². The zero-order valence-corrected chi connectivity index (χ0v) is 7.14. The summed E-state index contributed by atoms with van der Waals surface area (Å²) in [4.78, 5) is 26.9. The van der Waals surface area contributed by atoms with Crippen molar-refractivity contribution in [1.82, 2.24) is 0 Å². The summed E-state index contributed by atoms with van der Waals surface area (Å²) in [6, 6.07) is 0. The van der Waals surface area contributed by atoms with Gasteiger partial charge in [0.05, 0.1) is 0 Å². The van der Waals surface area contributed by atoms with Crippen molar-refractivity contribution in [3.63, 3.8) is 0 Å². The Labute approximate surface area is 70.8 Å². The summed E-state index contributed by atoms with van der Waals surface area (Å²) < 4.78 is 0. The molecule has 0 aliphatic carbocycles. The molecule has 2 N–H and O–H groups in total. The molecular weight excluding hydrogens is 160 g/mol. The van der Waals surface area contributed by atoms with Crippen molar-refractivity contribution >= 4 is 17.9 Å². The first-order chi connectivity index (χ1) is 5.64. The van der Waals surface area contributed by atoms with E-state index in [1.165, 1.54) is 0 Å². The number of ketones is 1. The molecule has 0 saturated heterocycles. The lowest BCUT2D eigenvalue weighted by Gasteiger charge is -1.81. The topological polar surface area (TPSA) is 98.9 Å². The number of nitrogens with one attached hydrogen (secondary N) is 2. The smallest absolute Gasteiger partial charge is 0.231 e. The third kappa shape index (κ3) is 78.8. The first-order valence-electron chi connectivity index (χ1n) is 3.23. The van der Waals surface area contributed by atoms with Crippen LogP contribution >= 0.6 is 0 Å². The van der Waals surface area contributed by atoms with E-state index >= 15 is 0 Å². The van der Waals surface area contributed by atoms with E-state index in [1.807, 2.05) is 13.8 Å². The summed E-state index contributed by atoms with van der Waals surface area (Å²) in [5, 5.41) is 10.8. The highest BCUT2D eigenvalue weighted by atomic mass is 16.1. The molecule has 0 aliphatic heterocycles. The maximum Gasteiger partial charge on any atom is 0.231 e. The van der Waals surface area contributed by atoms with Gasteiger partial charge in [-0.1, -0.05) is 13.8 Å². The minimum atomic E-state index is 0.343. The predicted molar refractivity (Wildman–Crippen MR) is 42.4 cm³/mol. The summed E-state index contributed by atoms with van der Waals surface area (Å²) in [5.41, 5.74) is 0. The number of carbonyl (C=O) groups is 1. The molecule has 0 aliphatic rings. The molecule has 0 spiro atoms. The predicted octanol–water partition coefficient (Wildman–Crippen LogP) is 1.18. The molecule has 12 heavy (non-hydrogen) atoms. The highest BCUT2D eigenvalue weighted by Gasteiger charge is 1.86. The number of rotatable bonds is 2. The molecule has 0 radical (unpaired) electrons. The molecule has 0 fully saturated rings. The van der Waals surface area contributed by atoms with E-state index in [0.717, 1.165) is 12.2 Å². The van der Waals surface area contributed by atoms with Crippen molar-refractivity contribution in [3.05, 3.63) is 0 Å². The third-order valence-corrected chi connectivity index (χ3v) is 0.789. The number of isocyanates is 2. The number of Topliss-reactive ketones (excluding diaryl/α,β-unsaturated/α-hetero) is 1. The van der Waals surface area contributed by atoms with Crippen LogP contribution in [0, 0.1) is 10.8 Å². The fourth-order valence-electron chi connectivity index (χ4n) is 0.250. The second-order valence-corrected chi connectivity index (χ2v) is 1.45. The molecule has 0 rings (SSSR count). The molecule has 0 heterocycles. The summed E-state index contributed by atoms with van der Waals surface area (Å²) in [7, 11) is 0. The second-order valence-electron chi connectivity index (χ2n) is 1.45. The van der Waals surface area contributed by atoms with Gasteiger partial charge in [-0.2, -0.15) is 0 Å². The first-order valence-corrected chi connectivity index (χ1v) is 3.23. The van der Waals surface area contributed by atoms with Crippen molar-refractivity contribution < 1.29 is 14.4 Å². The second kappa shape index (κ2) is 22.7. The Morgan fingerprint density at radius 2 is 1.25 bits per heavy atom. The van der Waals surface area contributed by atoms with E-state index in [9.17, 15) is 4.79 Å². The van der Waals surface area contributed by atoms with E-state index < -0.39 is 0 Å². The normalized spacial score (nSPS) is 5.50. The summed E-state index contributed by atoms with van der Waals surface area (Å²) in [6.45, 7) is 3.76. The van der Waals surface area contributed by atoms with Crippen LogP contribution in [0.5, 0.6) is 0 Å². The van der Waals surface area contributed by atoms with Crippen molar-refractivity contribution in [3.8, 4) is 0 Å². The Morgan fingerprint density at radius 3 is 1.25 bits per heavy atom. The van der Waals surface area contributed by atoms with Gasteiger partial charge in [0, 0.05) is 12.8 Å². The third-order valence-electron chi connectivity index (χ3n) is 0.789. The Kier molecular flexibility index (Phi) is 31.8. The summed E-state index contributed by atoms with van der Waals surface area (Å²) in [5.74, 6) is 0.343. The van der Waals surface area contributed by atoms with Crippen LogP contribution in [0.1, 0.15) is 26.7 Å². The van der Waals surface area contributed by atoms with Gasteiger partial charge < -0.3 is 0 Å². The minimum Gasteiger partial charge on any atom is -0.300 e. The fourth-order valence-corrected chi connectivity index (χ4v) is 0.250. The Hall–Kier alpha value is -1.57. The minimum absolute atomic E-state index is 0.343. The van der Waals surface area contributed by atoms with Gasteiger partial charge in [0.2, 0.25) is 12.2 Å².